The Labute approximate surface area is 332 Å². The fraction of sp³-hybridized carbons (Fsp3) is 0.106. The zero-order chi connectivity index (χ0) is 40.2. The van der Waals surface area contributed by atoms with Crippen molar-refractivity contribution in [3.63, 3.8) is 0 Å². The van der Waals surface area contributed by atoms with E-state index in [-0.39, 0.29) is 35.6 Å². The summed E-state index contributed by atoms with van der Waals surface area (Å²) in [5.41, 5.74) is 4.42. The molecule has 6 aromatic rings. The Morgan fingerprint density at radius 1 is 0.667 bits per heavy atom. The summed E-state index contributed by atoms with van der Waals surface area (Å²) in [6.07, 6.45) is 7.17. The number of nitrogens with zero attached hydrogens (tertiary/aromatic N) is 4. The number of hydrogen-bond donors (Lipinski definition) is 0. The van der Waals surface area contributed by atoms with Crippen LogP contribution in [-0.4, -0.2) is 30.4 Å². The highest BCUT2D eigenvalue weighted by Gasteiger charge is 2.29. The van der Waals surface area contributed by atoms with Gasteiger partial charge in [-0.2, -0.15) is 18.6 Å². The first-order valence-electron chi connectivity index (χ1n) is 18.3. The van der Waals surface area contributed by atoms with E-state index < -0.39 is 29.1 Å². The fourth-order valence-corrected chi connectivity index (χ4v) is 8.44. The van der Waals surface area contributed by atoms with Gasteiger partial charge in [-0.05, 0) is 91.7 Å². The monoisotopic (exact) mass is 783 g/mol. The predicted molar refractivity (Wildman–Crippen MR) is 221 cm³/mol. The Morgan fingerprint density at radius 2 is 1.25 bits per heavy atom. The molecule has 0 atom stereocenters. The SMILES string of the molecule is CCN(c1ccc(C(=C2C=CC(=[N+](CC)c3c(F)cccc3F)C=C2)c2sc(N(C)c3ccccc3)c(C#N)c2-c2ccccc2F)cc1)c1c(F)cccc1F. The average Bonchev–Trinajstić information content (AvgIpc) is 3.60. The fourth-order valence-electron chi connectivity index (χ4n) is 7.10. The first-order valence-corrected chi connectivity index (χ1v) is 19.1. The number of halogens is 5. The summed E-state index contributed by atoms with van der Waals surface area (Å²) in [5, 5.41) is 11.4. The maximum absolute atomic E-state index is 15.9. The van der Waals surface area contributed by atoms with Gasteiger partial charge in [-0.3, -0.25) is 0 Å². The topological polar surface area (TPSA) is 33.3 Å². The van der Waals surface area contributed by atoms with E-state index in [9.17, 15) is 5.26 Å². The molecule has 7 rings (SSSR count). The number of nitriles is 1. The van der Waals surface area contributed by atoms with Gasteiger partial charge in [-0.25, -0.2) is 13.2 Å². The van der Waals surface area contributed by atoms with E-state index in [1.165, 1.54) is 53.8 Å². The number of rotatable bonds is 10. The molecule has 0 amide bonds. The standard InChI is InChI=1S/C47H36F5N4S/c1-4-55(44-38(49)17-11-18-39(44)50)33-25-21-30(22-26-33)42(31-23-27-34(28-24-31)56(5-2)45-40(51)19-12-20-41(45)52)46-43(35-15-9-10-16-37(35)48)36(29-53)47(57-46)54(3)32-13-7-6-8-14-32/h6-28H,4-5H2,1-3H3/q+1. The van der Waals surface area contributed by atoms with Crippen LogP contribution < -0.4 is 9.80 Å². The van der Waals surface area contributed by atoms with Gasteiger partial charge in [0.05, 0.1) is 5.56 Å². The van der Waals surface area contributed by atoms with Crippen molar-refractivity contribution < 1.29 is 26.5 Å². The molecule has 284 valence electrons. The van der Waals surface area contributed by atoms with Gasteiger partial charge in [0.1, 0.15) is 40.8 Å². The molecule has 4 nitrogen and oxygen atoms in total. The molecule has 0 saturated carbocycles. The van der Waals surface area contributed by atoms with Crippen molar-refractivity contribution in [3.05, 3.63) is 190 Å². The second-order valence-electron chi connectivity index (χ2n) is 13.1. The molecule has 0 saturated heterocycles. The zero-order valence-electron chi connectivity index (χ0n) is 31.3. The van der Waals surface area contributed by atoms with E-state index in [2.05, 4.69) is 6.07 Å². The molecule has 1 aromatic heterocycles. The lowest BCUT2D eigenvalue weighted by Gasteiger charge is -2.25. The van der Waals surface area contributed by atoms with E-state index in [1.54, 1.807) is 65.8 Å². The van der Waals surface area contributed by atoms with Crippen LogP contribution in [0.5, 0.6) is 0 Å². The molecule has 0 aliphatic heterocycles. The summed E-state index contributed by atoms with van der Waals surface area (Å²) >= 11 is 1.33. The van der Waals surface area contributed by atoms with Crippen molar-refractivity contribution in [2.45, 2.75) is 13.8 Å². The van der Waals surface area contributed by atoms with Gasteiger partial charge in [0.2, 0.25) is 5.71 Å². The molecule has 5 aromatic carbocycles. The lowest BCUT2D eigenvalue weighted by molar-refractivity contribution is -0.439. The average molecular weight is 784 g/mol. The lowest BCUT2D eigenvalue weighted by atomic mass is 9.90. The third kappa shape index (κ3) is 7.42. The number of para-hydroxylation sites is 3. The van der Waals surface area contributed by atoms with Gasteiger partial charge >= 0.3 is 0 Å². The van der Waals surface area contributed by atoms with Crippen LogP contribution in [0.15, 0.2) is 145 Å². The largest absolute Gasteiger partial charge is 0.337 e. The van der Waals surface area contributed by atoms with E-state index in [4.69, 9.17) is 0 Å². The Kier molecular flexibility index (Phi) is 11.3. The second kappa shape index (κ2) is 16.7. The summed E-state index contributed by atoms with van der Waals surface area (Å²) in [6, 6.07) is 32.8. The van der Waals surface area contributed by atoms with Crippen LogP contribution in [0.3, 0.4) is 0 Å². The minimum absolute atomic E-state index is 0.174. The van der Waals surface area contributed by atoms with E-state index >= 15 is 22.0 Å². The van der Waals surface area contributed by atoms with Crippen molar-refractivity contribution in [3.8, 4) is 17.2 Å². The molecule has 1 aliphatic rings. The van der Waals surface area contributed by atoms with Gasteiger partial charge in [0, 0.05) is 58.7 Å². The number of benzene rings is 5. The van der Waals surface area contributed by atoms with Crippen molar-refractivity contribution in [2.75, 3.05) is 29.9 Å². The van der Waals surface area contributed by atoms with E-state index in [0.29, 0.717) is 43.6 Å². The first-order chi connectivity index (χ1) is 27.7. The van der Waals surface area contributed by atoms with E-state index in [1.807, 2.05) is 66.6 Å². The molecular formula is C47H36F5N4S+. The van der Waals surface area contributed by atoms with Gasteiger partial charge < -0.3 is 9.80 Å². The van der Waals surface area contributed by atoms with Crippen LogP contribution in [0.25, 0.3) is 16.7 Å². The molecule has 0 bridgehead atoms. The molecular weight excluding hydrogens is 748 g/mol. The highest BCUT2D eigenvalue weighted by atomic mass is 32.1. The molecule has 0 radical (unpaired) electrons. The van der Waals surface area contributed by atoms with Crippen molar-refractivity contribution in [1.82, 2.24) is 0 Å². The summed E-state index contributed by atoms with van der Waals surface area (Å²) in [4.78, 5) is 4.03. The molecule has 0 N–H and O–H groups in total. The van der Waals surface area contributed by atoms with Crippen molar-refractivity contribution in [2.24, 2.45) is 0 Å². The third-order valence-electron chi connectivity index (χ3n) is 9.80. The number of allylic oxidation sites excluding steroid dienone is 5. The maximum atomic E-state index is 15.9. The van der Waals surface area contributed by atoms with Gasteiger partial charge in [0.15, 0.2) is 11.6 Å². The summed E-state index contributed by atoms with van der Waals surface area (Å²) in [5.74, 6) is -3.30. The summed E-state index contributed by atoms with van der Waals surface area (Å²) < 4.78 is 77.5. The van der Waals surface area contributed by atoms with Gasteiger partial charge in [-0.15, -0.1) is 11.3 Å². The first kappa shape index (κ1) is 38.7. The molecule has 57 heavy (non-hydrogen) atoms. The Balaban J connectivity index is 1.48. The molecule has 10 heteroatoms. The number of anilines is 4. The second-order valence-corrected chi connectivity index (χ2v) is 14.1. The number of hydrogen-bond acceptors (Lipinski definition) is 4. The quantitative estimate of drug-likeness (QED) is 0.102. The van der Waals surface area contributed by atoms with Crippen LogP contribution in [0.2, 0.25) is 0 Å². The lowest BCUT2D eigenvalue weighted by Crippen LogP contribution is -2.19. The Hall–Kier alpha value is -6.57. The minimum Gasteiger partial charge on any atom is -0.337 e. The smallest absolute Gasteiger partial charge is 0.277 e. The molecule has 1 heterocycles. The van der Waals surface area contributed by atoms with Crippen molar-refractivity contribution in [1.29, 1.82) is 5.26 Å². The Bertz CT molecular complexity index is 2580. The van der Waals surface area contributed by atoms with Crippen LogP contribution in [0, 0.1) is 40.4 Å². The third-order valence-corrected chi connectivity index (χ3v) is 11.1. The van der Waals surface area contributed by atoms with Crippen LogP contribution in [-0.2, 0) is 0 Å². The molecule has 0 spiro atoms. The predicted octanol–water partition coefficient (Wildman–Crippen LogP) is 12.6. The minimum atomic E-state index is -0.697. The van der Waals surface area contributed by atoms with Gasteiger partial charge in [0.25, 0.3) is 5.69 Å². The van der Waals surface area contributed by atoms with Crippen molar-refractivity contribution >= 4 is 50.4 Å². The summed E-state index contributed by atoms with van der Waals surface area (Å²) in [6.45, 7) is 4.14. The number of thiophene rings is 1. The Morgan fingerprint density at radius 3 is 1.82 bits per heavy atom. The zero-order valence-corrected chi connectivity index (χ0v) is 32.1. The highest BCUT2D eigenvalue weighted by molar-refractivity contribution is 7.18. The highest BCUT2D eigenvalue weighted by Crippen LogP contribution is 2.50. The normalized spacial score (nSPS) is 12.1. The molecule has 0 fully saturated rings. The van der Waals surface area contributed by atoms with Crippen LogP contribution in [0.1, 0.15) is 29.9 Å². The van der Waals surface area contributed by atoms with E-state index in [0.717, 1.165) is 5.69 Å². The van der Waals surface area contributed by atoms with Crippen LogP contribution >= 0.6 is 11.3 Å². The molecule has 1 aliphatic carbocycles. The summed E-state index contributed by atoms with van der Waals surface area (Å²) in [7, 11) is 1.85. The maximum Gasteiger partial charge on any atom is 0.277 e. The van der Waals surface area contributed by atoms with Gasteiger partial charge in [-0.1, -0.05) is 60.7 Å². The van der Waals surface area contributed by atoms with Crippen LogP contribution in [0.4, 0.5) is 49.7 Å². The molecule has 0 unspecified atom stereocenters.